The van der Waals surface area contributed by atoms with Gasteiger partial charge >= 0.3 is 0 Å². The monoisotopic (exact) mass is 278 g/mol. The maximum Gasteiger partial charge on any atom is 0.246 e. The highest BCUT2D eigenvalue weighted by Crippen LogP contribution is 2.52. The number of fused-ring (bicyclic) bond motifs is 1. The van der Waals surface area contributed by atoms with Crippen molar-refractivity contribution in [3.05, 3.63) is 0 Å². The molecule has 3 rings (SSSR count). The van der Waals surface area contributed by atoms with Crippen LogP contribution in [-0.4, -0.2) is 46.8 Å². The molecule has 3 atom stereocenters. The molecule has 2 amide bonds. The lowest BCUT2D eigenvalue weighted by atomic mass is 9.94. The van der Waals surface area contributed by atoms with Crippen molar-refractivity contribution in [1.29, 1.82) is 0 Å². The molecular formula is C16H26N2O2. The van der Waals surface area contributed by atoms with Gasteiger partial charge < -0.3 is 9.80 Å². The SMILES string of the molecule is CCC1C(=O)N2CCCCC2C(=O)N1CC1CC1(C)C. The molecule has 0 bridgehead atoms. The highest BCUT2D eigenvalue weighted by atomic mass is 16.2. The predicted octanol–water partition coefficient (Wildman–Crippen LogP) is 2.03. The molecule has 1 saturated carbocycles. The summed E-state index contributed by atoms with van der Waals surface area (Å²) < 4.78 is 0. The van der Waals surface area contributed by atoms with Crippen LogP contribution in [0.5, 0.6) is 0 Å². The van der Waals surface area contributed by atoms with Crippen LogP contribution in [0.1, 0.15) is 52.9 Å². The zero-order valence-corrected chi connectivity index (χ0v) is 12.9. The minimum atomic E-state index is -0.215. The molecule has 112 valence electrons. The molecule has 2 saturated heterocycles. The van der Waals surface area contributed by atoms with Gasteiger partial charge in [-0.2, -0.15) is 0 Å². The number of carbonyl (C=O) groups excluding carboxylic acids is 2. The van der Waals surface area contributed by atoms with E-state index >= 15 is 0 Å². The normalized spacial score (nSPS) is 36.0. The van der Waals surface area contributed by atoms with Crippen LogP contribution in [0.25, 0.3) is 0 Å². The van der Waals surface area contributed by atoms with Gasteiger partial charge in [0.1, 0.15) is 12.1 Å². The van der Waals surface area contributed by atoms with Crippen LogP contribution in [0.4, 0.5) is 0 Å². The zero-order chi connectivity index (χ0) is 14.5. The molecule has 2 heterocycles. The van der Waals surface area contributed by atoms with Crippen molar-refractivity contribution in [2.24, 2.45) is 11.3 Å². The fourth-order valence-corrected chi connectivity index (χ4v) is 3.86. The molecule has 0 aromatic carbocycles. The van der Waals surface area contributed by atoms with E-state index in [4.69, 9.17) is 0 Å². The summed E-state index contributed by atoms with van der Waals surface area (Å²) in [6.07, 6.45) is 4.88. The summed E-state index contributed by atoms with van der Waals surface area (Å²) in [4.78, 5) is 29.2. The van der Waals surface area contributed by atoms with Crippen molar-refractivity contribution in [2.75, 3.05) is 13.1 Å². The molecule has 3 aliphatic rings. The fraction of sp³-hybridized carbons (Fsp3) is 0.875. The van der Waals surface area contributed by atoms with Crippen LogP contribution >= 0.6 is 0 Å². The van der Waals surface area contributed by atoms with Gasteiger partial charge in [-0.25, -0.2) is 0 Å². The van der Waals surface area contributed by atoms with E-state index in [-0.39, 0.29) is 23.9 Å². The standard InChI is InChI=1S/C16H26N2O2/c1-4-12-14(19)17-8-6-5-7-13(17)15(20)18(12)10-11-9-16(11,2)3/h11-13H,4-10H2,1-3H3. The molecule has 3 unspecified atom stereocenters. The Morgan fingerprint density at radius 2 is 1.90 bits per heavy atom. The van der Waals surface area contributed by atoms with Gasteiger partial charge in [-0.1, -0.05) is 20.8 Å². The van der Waals surface area contributed by atoms with Crippen LogP contribution < -0.4 is 0 Å². The fourth-order valence-electron chi connectivity index (χ4n) is 3.86. The molecule has 1 aliphatic carbocycles. The lowest BCUT2D eigenvalue weighted by Gasteiger charge is -2.47. The lowest BCUT2D eigenvalue weighted by Crippen LogP contribution is -2.65. The number of piperazine rings is 1. The summed E-state index contributed by atoms with van der Waals surface area (Å²) in [5.41, 5.74) is 0.352. The lowest BCUT2D eigenvalue weighted by molar-refractivity contribution is -0.164. The molecule has 4 heteroatoms. The number of hydrogen-bond donors (Lipinski definition) is 0. The predicted molar refractivity (Wildman–Crippen MR) is 77.0 cm³/mol. The van der Waals surface area contributed by atoms with E-state index in [1.807, 2.05) is 16.7 Å². The van der Waals surface area contributed by atoms with Crippen molar-refractivity contribution >= 4 is 11.8 Å². The molecule has 0 aromatic heterocycles. The van der Waals surface area contributed by atoms with Gasteiger partial charge in [0, 0.05) is 13.1 Å². The first-order valence-electron chi connectivity index (χ1n) is 8.06. The summed E-state index contributed by atoms with van der Waals surface area (Å²) >= 11 is 0. The van der Waals surface area contributed by atoms with Crippen molar-refractivity contribution in [3.63, 3.8) is 0 Å². The van der Waals surface area contributed by atoms with Crippen LogP contribution in [0, 0.1) is 11.3 Å². The molecule has 4 nitrogen and oxygen atoms in total. The van der Waals surface area contributed by atoms with E-state index in [1.165, 1.54) is 6.42 Å². The first-order chi connectivity index (χ1) is 9.45. The van der Waals surface area contributed by atoms with Gasteiger partial charge in [0.2, 0.25) is 11.8 Å². The molecule has 0 spiro atoms. The molecule has 0 N–H and O–H groups in total. The van der Waals surface area contributed by atoms with Gasteiger partial charge in [0.25, 0.3) is 0 Å². The van der Waals surface area contributed by atoms with Crippen molar-refractivity contribution < 1.29 is 9.59 Å². The first-order valence-corrected chi connectivity index (χ1v) is 8.06. The average Bonchev–Trinajstić information content (AvgIpc) is 3.03. The maximum atomic E-state index is 12.8. The van der Waals surface area contributed by atoms with Gasteiger partial charge in [-0.15, -0.1) is 0 Å². The van der Waals surface area contributed by atoms with Crippen LogP contribution in [0.2, 0.25) is 0 Å². The summed E-state index contributed by atoms with van der Waals surface area (Å²) in [5.74, 6) is 0.970. The maximum absolute atomic E-state index is 12.8. The Hall–Kier alpha value is -1.06. The van der Waals surface area contributed by atoms with Gasteiger partial charge in [-0.3, -0.25) is 9.59 Å². The topological polar surface area (TPSA) is 40.6 Å². The van der Waals surface area contributed by atoms with Crippen LogP contribution in [0.15, 0.2) is 0 Å². The summed E-state index contributed by atoms with van der Waals surface area (Å²) in [6, 6.07) is -0.380. The number of carbonyl (C=O) groups is 2. The second-order valence-electron chi connectivity index (χ2n) is 7.35. The summed E-state index contributed by atoms with van der Waals surface area (Å²) in [7, 11) is 0. The van der Waals surface area contributed by atoms with Crippen molar-refractivity contribution in [1.82, 2.24) is 9.80 Å². The van der Waals surface area contributed by atoms with E-state index in [0.717, 1.165) is 38.8 Å². The van der Waals surface area contributed by atoms with Crippen molar-refractivity contribution in [2.45, 2.75) is 65.0 Å². The van der Waals surface area contributed by atoms with E-state index in [9.17, 15) is 9.59 Å². The molecule has 20 heavy (non-hydrogen) atoms. The molecule has 0 radical (unpaired) electrons. The minimum absolute atomic E-state index is 0.166. The largest absolute Gasteiger partial charge is 0.329 e. The highest BCUT2D eigenvalue weighted by molar-refractivity contribution is 5.97. The van der Waals surface area contributed by atoms with Gasteiger partial charge in [-0.05, 0) is 43.4 Å². The van der Waals surface area contributed by atoms with Crippen molar-refractivity contribution in [3.8, 4) is 0 Å². The molecular weight excluding hydrogens is 252 g/mol. The van der Waals surface area contributed by atoms with E-state index in [1.54, 1.807) is 0 Å². The van der Waals surface area contributed by atoms with Gasteiger partial charge in [0.15, 0.2) is 0 Å². The van der Waals surface area contributed by atoms with Crippen LogP contribution in [0.3, 0.4) is 0 Å². The Labute approximate surface area is 121 Å². The third kappa shape index (κ3) is 2.13. The van der Waals surface area contributed by atoms with E-state index < -0.39 is 0 Å². The van der Waals surface area contributed by atoms with E-state index in [2.05, 4.69) is 13.8 Å². The molecule has 0 aromatic rings. The molecule has 3 fully saturated rings. The smallest absolute Gasteiger partial charge is 0.246 e. The zero-order valence-electron chi connectivity index (χ0n) is 12.9. The number of amides is 2. The Bertz CT molecular complexity index is 432. The molecule has 2 aliphatic heterocycles. The summed E-state index contributed by atoms with van der Waals surface area (Å²) in [5, 5.41) is 0. The number of hydrogen-bond acceptors (Lipinski definition) is 2. The van der Waals surface area contributed by atoms with Crippen LogP contribution in [-0.2, 0) is 9.59 Å². The average molecular weight is 278 g/mol. The number of piperidine rings is 1. The Morgan fingerprint density at radius 1 is 1.20 bits per heavy atom. The Kier molecular flexibility index (Phi) is 3.30. The van der Waals surface area contributed by atoms with Gasteiger partial charge in [0.05, 0.1) is 0 Å². The third-order valence-corrected chi connectivity index (χ3v) is 5.54. The second kappa shape index (κ2) is 4.74. The Morgan fingerprint density at radius 3 is 2.50 bits per heavy atom. The Balaban J connectivity index is 1.80. The minimum Gasteiger partial charge on any atom is -0.329 e. The number of nitrogens with zero attached hydrogens (tertiary/aromatic N) is 2. The number of rotatable bonds is 3. The van der Waals surface area contributed by atoms with E-state index in [0.29, 0.717) is 11.3 Å². The quantitative estimate of drug-likeness (QED) is 0.792. The second-order valence-corrected chi connectivity index (χ2v) is 7.35. The third-order valence-electron chi connectivity index (χ3n) is 5.54. The highest BCUT2D eigenvalue weighted by Gasteiger charge is 2.51. The summed E-state index contributed by atoms with van der Waals surface area (Å²) in [6.45, 7) is 8.07. The first kappa shape index (κ1) is 13.9.